The lowest BCUT2D eigenvalue weighted by Gasteiger charge is -2.02. The van der Waals surface area contributed by atoms with Crippen molar-refractivity contribution < 1.29 is 8.83 Å². The van der Waals surface area contributed by atoms with E-state index >= 15 is 0 Å². The smallest absolute Gasteiger partial charge is 0.134 e. The molecule has 0 radical (unpaired) electrons. The van der Waals surface area contributed by atoms with E-state index in [4.69, 9.17) is 8.83 Å². The van der Waals surface area contributed by atoms with Gasteiger partial charge in [0.2, 0.25) is 0 Å². The quantitative estimate of drug-likeness (QED) is 0.714. The van der Waals surface area contributed by atoms with E-state index in [1.165, 1.54) is 5.56 Å². The highest BCUT2D eigenvalue weighted by Crippen LogP contribution is 2.26. The zero-order chi connectivity index (χ0) is 14.7. The van der Waals surface area contributed by atoms with Gasteiger partial charge in [0.1, 0.15) is 17.3 Å². The molecule has 0 bridgehead atoms. The second-order valence-corrected chi connectivity index (χ2v) is 5.77. The monoisotopic (exact) mass is 345 g/mol. The van der Waals surface area contributed by atoms with Crippen molar-refractivity contribution in [3.05, 3.63) is 70.3 Å². The number of aryl methyl sites for hydroxylation is 1. The molecule has 0 amide bonds. The van der Waals surface area contributed by atoms with Crippen molar-refractivity contribution in [2.24, 2.45) is 0 Å². The van der Waals surface area contributed by atoms with Gasteiger partial charge < -0.3 is 14.2 Å². The standard InChI is InChI=1S/C17H16BrNO2/c1-12-9-13(4-6-16(12)18)17-7-5-15(21-17)11-19-10-14-3-2-8-20-14/h2-9,19H,10-11H2,1H3. The van der Waals surface area contributed by atoms with Crippen LogP contribution in [0.2, 0.25) is 0 Å². The van der Waals surface area contributed by atoms with Gasteiger partial charge in [0.25, 0.3) is 0 Å². The molecule has 0 unspecified atom stereocenters. The molecule has 2 aromatic heterocycles. The number of benzene rings is 1. The van der Waals surface area contributed by atoms with Crippen molar-refractivity contribution in [2.45, 2.75) is 20.0 Å². The summed E-state index contributed by atoms with van der Waals surface area (Å²) in [6.07, 6.45) is 1.68. The van der Waals surface area contributed by atoms with E-state index in [2.05, 4.69) is 40.3 Å². The predicted octanol–water partition coefficient (Wildman–Crippen LogP) is 4.90. The average molecular weight is 346 g/mol. The molecule has 0 fully saturated rings. The van der Waals surface area contributed by atoms with E-state index in [1.54, 1.807) is 6.26 Å². The lowest BCUT2D eigenvalue weighted by molar-refractivity contribution is 0.455. The lowest BCUT2D eigenvalue weighted by atomic mass is 10.1. The second kappa shape index (κ2) is 6.33. The fourth-order valence-electron chi connectivity index (χ4n) is 2.15. The fraction of sp³-hybridized carbons (Fsp3) is 0.176. The van der Waals surface area contributed by atoms with Crippen LogP contribution < -0.4 is 5.32 Å². The Kier molecular flexibility index (Phi) is 4.27. The van der Waals surface area contributed by atoms with E-state index in [0.717, 1.165) is 27.3 Å². The molecule has 0 aliphatic rings. The molecule has 1 aromatic carbocycles. The maximum atomic E-state index is 5.88. The highest BCUT2D eigenvalue weighted by molar-refractivity contribution is 9.10. The van der Waals surface area contributed by atoms with Gasteiger partial charge in [-0.2, -0.15) is 0 Å². The number of hydrogen-bond donors (Lipinski definition) is 1. The highest BCUT2D eigenvalue weighted by atomic mass is 79.9. The molecule has 2 heterocycles. The molecule has 3 aromatic rings. The molecular weight excluding hydrogens is 330 g/mol. The zero-order valence-corrected chi connectivity index (χ0v) is 13.3. The molecule has 108 valence electrons. The van der Waals surface area contributed by atoms with Gasteiger partial charge in [0.15, 0.2) is 0 Å². The molecule has 0 aliphatic heterocycles. The van der Waals surface area contributed by atoms with Gasteiger partial charge in [-0.3, -0.25) is 0 Å². The van der Waals surface area contributed by atoms with Crippen LogP contribution in [-0.2, 0) is 13.1 Å². The Morgan fingerprint density at radius 2 is 1.90 bits per heavy atom. The van der Waals surface area contributed by atoms with Crippen LogP contribution in [-0.4, -0.2) is 0 Å². The summed E-state index contributed by atoms with van der Waals surface area (Å²) in [4.78, 5) is 0. The summed E-state index contributed by atoms with van der Waals surface area (Å²) < 4.78 is 12.3. The summed E-state index contributed by atoms with van der Waals surface area (Å²) in [5, 5.41) is 3.29. The fourth-order valence-corrected chi connectivity index (χ4v) is 2.39. The molecule has 3 rings (SSSR count). The van der Waals surface area contributed by atoms with Crippen LogP contribution in [0.1, 0.15) is 17.1 Å². The first kappa shape index (κ1) is 14.2. The molecule has 1 N–H and O–H groups in total. The SMILES string of the molecule is Cc1cc(-c2ccc(CNCc3ccco3)o2)ccc1Br. The lowest BCUT2D eigenvalue weighted by Crippen LogP contribution is -2.11. The number of nitrogens with one attached hydrogen (secondary N) is 1. The van der Waals surface area contributed by atoms with Gasteiger partial charge in [-0.05, 0) is 48.9 Å². The number of furan rings is 2. The van der Waals surface area contributed by atoms with Gasteiger partial charge in [-0.15, -0.1) is 0 Å². The largest absolute Gasteiger partial charge is 0.468 e. The predicted molar refractivity (Wildman–Crippen MR) is 85.8 cm³/mol. The summed E-state index contributed by atoms with van der Waals surface area (Å²) in [5.74, 6) is 2.72. The maximum Gasteiger partial charge on any atom is 0.134 e. The Bertz CT molecular complexity index is 716. The van der Waals surface area contributed by atoms with Gasteiger partial charge in [-0.25, -0.2) is 0 Å². The van der Waals surface area contributed by atoms with Crippen molar-refractivity contribution in [2.75, 3.05) is 0 Å². The van der Waals surface area contributed by atoms with Crippen LogP contribution in [0, 0.1) is 6.92 Å². The molecule has 0 aliphatic carbocycles. The number of hydrogen-bond acceptors (Lipinski definition) is 3. The third-order valence-electron chi connectivity index (χ3n) is 3.28. The van der Waals surface area contributed by atoms with E-state index < -0.39 is 0 Å². The first-order chi connectivity index (χ1) is 10.2. The minimum absolute atomic E-state index is 0.677. The van der Waals surface area contributed by atoms with Crippen LogP contribution in [0.5, 0.6) is 0 Å². The third-order valence-corrected chi connectivity index (χ3v) is 4.17. The van der Waals surface area contributed by atoms with E-state index in [-0.39, 0.29) is 0 Å². The Morgan fingerprint density at radius 3 is 2.67 bits per heavy atom. The molecule has 21 heavy (non-hydrogen) atoms. The minimum Gasteiger partial charge on any atom is -0.468 e. The van der Waals surface area contributed by atoms with Crippen molar-refractivity contribution in [3.63, 3.8) is 0 Å². The summed E-state index contributed by atoms with van der Waals surface area (Å²) >= 11 is 3.51. The summed E-state index contributed by atoms with van der Waals surface area (Å²) in [5.41, 5.74) is 2.29. The first-order valence-corrected chi connectivity index (χ1v) is 7.60. The third kappa shape index (κ3) is 3.46. The Hall–Kier alpha value is -1.78. The summed E-state index contributed by atoms with van der Waals surface area (Å²) in [6.45, 7) is 3.44. The average Bonchev–Trinajstić information content (AvgIpc) is 3.13. The van der Waals surface area contributed by atoms with Crippen LogP contribution in [0.3, 0.4) is 0 Å². The van der Waals surface area contributed by atoms with Gasteiger partial charge in [-0.1, -0.05) is 22.0 Å². The second-order valence-electron chi connectivity index (χ2n) is 4.91. The summed E-state index contributed by atoms with van der Waals surface area (Å²) in [7, 11) is 0. The molecule has 0 atom stereocenters. The Labute approximate surface area is 132 Å². The molecule has 0 spiro atoms. The van der Waals surface area contributed by atoms with Crippen LogP contribution in [0.4, 0.5) is 0 Å². The summed E-state index contributed by atoms with van der Waals surface area (Å²) in [6, 6.07) is 14.1. The van der Waals surface area contributed by atoms with Gasteiger partial charge in [0, 0.05) is 10.0 Å². The van der Waals surface area contributed by atoms with E-state index in [0.29, 0.717) is 13.1 Å². The maximum absolute atomic E-state index is 5.88. The van der Waals surface area contributed by atoms with Gasteiger partial charge >= 0.3 is 0 Å². The highest BCUT2D eigenvalue weighted by Gasteiger charge is 2.06. The number of rotatable bonds is 5. The van der Waals surface area contributed by atoms with Crippen LogP contribution >= 0.6 is 15.9 Å². The topological polar surface area (TPSA) is 38.3 Å². The van der Waals surface area contributed by atoms with Crippen LogP contribution in [0.25, 0.3) is 11.3 Å². The Morgan fingerprint density at radius 1 is 1.05 bits per heavy atom. The number of halogens is 1. The molecule has 0 saturated heterocycles. The van der Waals surface area contributed by atoms with Crippen LogP contribution in [0.15, 0.2) is 62.0 Å². The van der Waals surface area contributed by atoms with Crippen molar-refractivity contribution in [1.29, 1.82) is 0 Å². The molecular formula is C17H16BrNO2. The van der Waals surface area contributed by atoms with Crippen molar-refractivity contribution in [3.8, 4) is 11.3 Å². The molecule has 4 heteroatoms. The molecule has 3 nitrogen and oxygen atoms in total. The van der Waals surface area contributed by atoms with Gasteiger partial charge in [0.05, 0.1) is 19.4 Å². The minimum atomic E-state index is 0.677. The Balaban J connectivity index is 1.64. The van der Waals surface area contributed by atoms with E-state index in [9.17, 15) is 0 Å². The molecule has 0 saturated carbocycles. The van der Waals surface area contributed by atoms with Crippen molar-refractivity contribution >= 4 is 15.9 Å². The zero-order valence-electron chi connectivity index (χ0n) is 11.7. The van der Waals surface area contributed by atoms with Crippen molar-refractivity contribution in [1.82, 2.24) is 5.32 Å². The first-order valence-electron chi connectivity index (χ1n) is 6.81. The van der Waals surface area contributed by atoms with E-state index in [1.807, 2.05) is 30.3 Å². The normalized spacial score (nSPS) is 11.0.